The molecule has 5 nitrogen and oxygen atoms in total. The van der Waals surface area contributed by atoms with Gasteiger partial charge in [0.1, 0.15) is 0 Å². The fourth-order valence-corrected chi connectivity index (χ4v) is 3.45. The van der Waals surface area contributed by atoms with E-state index in [4.69, 9.17) is 0 Å². The minimum absolute atomic E-state index is 0.194. The smallest absolute Gasteiger partial charge is 0.324 e. The van der Waals surface area contributed by atoms with Gasteiger partial charge in [-0.3, -0.25) is 10.1 Å². The van der Waals surface area contributed by atoms with Crippen LogP contribution in [0.4, 0.5) is 21.2 Å². The zero-order chi connectivity index (χ0) is 16.9. The normalized spacial score (nSPS) is 10.2. The van der Waals surface area contributed by atoms with Crippen LogP contribution >= 0.6 is 22.7 Å². The minimum Gasteiger partial charge on any atom is -0.325 e. The first kappa shape index (κ1) is 16.2. The van der Waals surface area contributed by atoms with Crippen LogP contribution in [0.3, 0.4) is 0 Å². The highest BCUT2D eigenvalue weighted by atomic mass is 32.1. The molecule has 7 heteroatoms. The molecule has 0 atom stereocenters. The number of amides is 3. The van der Waals surface area contributed by atoms with E-state index >= 15 is 0 Å². The van der Waals surface area contributed by atoms with Crippen LogP contribution in [0, 0.1) is 0 Å². The molecular formula is C17H15N3O2S2. The Morgan fingerprint density at radius 1 is 0.917 bits per heavy atom. The molecule has 0 unspecified atom stereocenters. The molecule has 0 saturated heterocycles. The first-order chi connectivity index (χ1) is 11.6. The van der Waals surface area contributed by atoms with Crippen molar-refractivity contribution in [2.45, 2.75) is 6.92 Å². The van der Waals surface area contributed by atoms with E-state index in [1.54, 1.807) is 17.4 Å². The van der Waals surface area contributed by atoms with Gasteiger partial charge in [-0.25, -0.2) is 4.79 Å². The summed E-state index contributed by atoms with van der Waals surface area (Å²) in [5, 5.41) is 15.0. The summed E-state index contributed by atoms with van der Waals surface area (Å²) in [6.45, 7) is 1.43. The van der Waals surface area contributed by atoms with Gasteiger partial charge in [-0.2, -0.15) is 11.3 Å². The van der Waals surface area contributed by atoms with E-state index in [2.05, 4.69) is 16.0 Å². The third kappa shape index (κ3) is 4.01. The first-order valence-electron chi connectivity index (χ1n) is 7.17. The summed E-state index contributed by atoms with van der Waals surface area (Å²) in [4.78, 5) is 23.6. The lowest BCUT2D eigenvalue weighted by Crippen LogP contribution is -2.20. The molecule has 0 aliphatic rings. The van der Waals surface area contributed by atoms with Crippen molar-refractivity contribution in [1.82, 2.24) is 0 Å². The molecule has 3 rings (SSSR count). The van der Waals surface area contributed by atoms with Crippen molar-refractivity contribution in [2.75, 3.05) is 16.0 Å². The van der Waals surface area contributed by atoms with Crippen LogP contribution in [-0.4, -0.2) is 11.9 Å². The first-order valence-corrected chi connectivity index (χ1v) is 9.00. The lowest BCUT2D eigenvalue weighted by molar-refractivity contribution is -0.114. The van der Waals surface area contributed by atoms with Gasteiger partial charge in [0.2, 0.25) is 5.91 Å². The Kier molecular flexibility index (Phi) is 4.93. The highest BCUT2D eigenvalue weighted by Gasteiger charge is 2.11. The quantitative estimate of drug-likeness (QED) is 0.609. The molecule has 3 N–H and O–H groups in total. The van der Waals surface area contributed by atoms with Crippen LogP contribution in [0.2, 0.25) is 0 Å². The van der Waals surface area contributed by atoms with Crippen molar-refractivity contribution in [2.24, 2.45) is 0 Å². The van der Waals surface area contributed by atoms with Gasteiger partial charge in [0.15, 0.2) is 0 Å². The van der Waals surface area contributed by atoms with Crippen molar-refractivity contribution >= 4 is 51.0 Å². The Morgan fingerprint density at radius 2 is 1.79 bits per heavy atom. The molecule has 0 aliphatic carbocycles. The summed E-state index contributed by atoms with van der Waals surface area (Å²) >= 11 is 3.04. The molecule has 2 aromatic heterocycles. The molecule has 0 fully saturated rings. The number of carbonyl (C=O) groups is 2. The maximum Gasteiger partial charge on any atom is 0.324 e. The lowest BCUT2D eigenvalue weighted by atomic mass is 10.1. The third-order valence-corrected chi connectivity index (χ3v) is 4.66. The number of hydrogen-bond donors (Lipinski definition) is 3. The van der Waals surface area contributed by atoms with Gasteiger partial charge >= 0.3 is 6.03 Å². The van der Waals surface area contributed by atoms with Crippen LogP contribution < -0.4 is 16.0 Å². The molecule has 1 aromatic carbocycles. The van der Waals surface area contributed by atoms with Crippen molar-refractivity contribution < 1.29 is 9.59 Å². The number of carbonyl (C=O) groups excluding carboxylic acids is 2. The molecule has 0 saturated carbocycles. The molecule has 0 aliphatic heterocycles. The van der Waals surface area contributed by atoms with E-state index < -0.39 is 0 Å². The Morgan fingerprint density at radius 3 is 2.46 bits per heavy atom. The molecule has 24 heavy (non-hydrogen) atoms. The number of thiophene rings is 2. The number of hydrogen-bond acceptors (Lipinski definition) is 4. The summed E-state index contributed by atoms with van der Waals surface area (Å²) in [5.41, 5.74) is 3.14. The standard InChI is InChI=1S/C17H15N3O2S2/c1-11(21)18-14-5-4-12(13-6-8-23-10-13)9-15(14)19-17(22)20-16-3-2-7-24-16/h2-10H,1H3,(H,18,21)(H2,19,20,22). The molecule has 2 heterocycles. The third-order valence-electron chi connectivity index (χ3n) is 3.19. The Balaban J connectivity index is 1.85. The van der Waals surface area contributed by atoms with Gasteiger partial charge < -0.3 is 10.6 Å². The maximum absolute atomic E-state index is 12.2. The highest BCUT2D eigenvalue weighted by molar-refractivity contribution is 7.14. The summed E-state index contributed by atoms with van der Waals surface area (Å²) in [5.74, 6) is -0.194. The largest absolute Gasteiger partial charge is 0.325 e. The van der Waals surface area contributed by atoms with Gasteiger partial charge in [0.25, 0.3) is 0 Å². The second-order valence-electron chi connectivity index (χ2n) is 5.01. The number of benzene rings is 1. The lowest BCUT2D eigenvalue weighted by Gasteiger charge is -2.13. The summed E-state index contributed by atoms with van der Waals surface area (Å²) in [7, 11) is 0. The van der Waals surface area contributed by atoms with E-state index in [1.165, 1.54) is 18.3 Å². The second kappa shape index (κ2) is 7.29. The Labute approximate surface area is 147 Å². The van der Waals surface area contributed by atoms with E-state index in [9.17, 15) is 9.59 Å². The monoisotopic (exact) mass is 357 g/mol. The summed E-state index contributed by atoms with van der Waals surface area (Å²) in [6.07, 6.45) is 0. The molecule has 0 bridgehead atoms. The van der Waals surface area contributed by atoms with E-state index in [-0.39, 0.29) is 11.9 Å². The predicted octanol–water partition coefficient (Wildman–Crippen LogP) is 5.08. The van der Waals surface area contributed by atoms with Crippen molar-refractivity contribution in [3.05, 3.63) is 52.5 Å². The van der Waals surface area contributed by atoms with E-state index in [0.717, 1.165) is 16.1 Å². The zero-order valence-corrected chi connectivity index (χ0v) is 14.5. The molecule has 0 radical (unpaired) electrons. The van der Waals surface area contributed by atoms with Crippen LogP contribution in [0.25, 0.3) is 11.1 Å². The number of anilines is 3. The van der Waals surface area contributed by atoms with Crippen molar-refractivity contribution in [3.8, 4) is 11.1 Å². The Hall–Kier alpha value is -2.64. The van der Waals surface area contributed by atoms with Crippen LogP contribution in [0.1, 0.15) is 6.92 Å². The fraction of sp³-hybridized carbons (Fsp3) is 0.0588. The second-order valence-corrected chi connectivity index (χ2v) is 6.74. The van der Waals surface area contributed by atoms with Gasteiger partial charge in [0, 0.05) is 6.92 Å². The molecule has 3 aromatic rings. The highest BCUT2D eigenvalue weighted by Crippen LogP contribution is 2.30. The van der Waals surface area contributed by atoms with Crippen LogP contribution in [0.5, 0.6) is 0 Å². The SMILES string of the molecule is CC(=O)Nc1ccc(-c2ccsc2)cc1NC(=O)Nc1cccs1. The van der Waals surface area contributed by atoms with Gasteiger partial charge in [-0.05, 0) is 57.6 Å². The molecular weight excluding hydrogens is 342 g/mol. The Bertz CT molecular complexity index is 843. The number of urea groups is 1. The van der Waals surface area contributed by atoms with Gasteiger partial charge in [-0.15, -0.1) is 11.3 Å². The van der Waals surface area contributed by atoms with E-state index in [0.29, 0.717) is 11.4 Å². The summed E-state index contributed by atoms with van der Waals surface area (Å²) in [6, 6.07) is 10.9. The minimum atomic E-state index is -0.355. The van der Waals surface area contributed by atoms with Gasteiger partial charge in [-0.1, -0.05) is 6.07 Å². The maximum atomic E-state index is 12.2. The van der Waals surface area contributed by atoms with Crippen molar-refractivity contribution in [1.29, 1.82) is 0 Å². The van der Waals surface area contributed by atoms with E-state index in [1.807, 2.05) is 46.5 Å². The fourth-order valence-electron chi connectivity index (χ4n) is 2.17. The topological polar surface area (TPSA) is 70.2 Å². The average Bonchev–Trinajstić information content (AvgIpc) is 3.21. The number of nitrogens with one attached hydrogen (secondary N) is 3. The zero-order valence-electron chi connectivity index (χ0n) is 12.8. The summed E-state index contributed by atoms with van der Waals surface area (Å²) < 4.78 is 0. The molecule has 0 spiro atoms. The van der Waals surface area contributed by atoms with Gasteiger partial charge in [0.05, 0.1) is 16.4 Å². The predicted molar refractivity (Wildman–Crippen MR) is 101 cm³/mol. The molecule has 3 amide bonds. The average molecular weight is 357 g/mol. The molecule has 122 valence electrons. The number of rotatable bonds is 4. The van der Waals surface area contributed by atoms with Crippen LogP contribution in [-0.2, 0) is 4.79 Å². The van der Waals surface area contributed by atoms with Crippen LogP contribution in [0.15, 0.2) is 52.5 Å². The van der Waals surface area contributed by atoms with Crippen molar-refractivity contribution in [3.63, 3.8) is 0 Å².